The van der Waals surface area contributed by atoms with E-state index < -0.39 is 0 Å². The summed E-state index contributed by atoms with van der Waals surface area (Å²) in [5.74, 6) is 0.0675. The summed E-state index contributed by atoms with van der Waals surface area (Å²) in [5, 5.41) is 0. The highest BCUT2D eigenvalue weighted by Gasteiger charge is 2.13. The first kappa shape index (κ1) is 11.7. The maximum atomic E-state index is 11.4. The molecule has 80 valence electrons. The number of carbonyl (C=O) groups excluding carboxylic acids is 2. The van der Waals surface area contributed by atoms with Crippen LogP contribution < -0.4 is 4.74 Å². The Bertz CT molecular complexity index is 399. The number of rotatable bonds is 4. The predicted octanol–water partition coefficient (Wildman–Crippen LogP) is 2.24. The molecule has 3 nitrogen and oxygen atoms in total. The van der Waals surface area contributed by atoms with E-state index in [1.165, 1.54) is 13.2 Å². The van der Waals surface area contributed by atoms with Crippen LogP contribution in [-0.2, 0) is 0 Å². The van der Waals surface area contributed by atoms with Crippen LogP contribution in [0, 0.1) is 6.92 Å². The van der Waals surface area contributed by atoms with Crippen LogP contribution in [0.5, 0.6) is 5.75 Å². The topological polar surface area (TPSA) is 43.4 Å². The third kappa shape index (κ3) is 2.36. The standard InChI is InChI=1S/C11H11ClO3/c1-7-3-11(15-2)9(10(14)5-12)4-8(7)6-13/h3-4,6H,5H2,1-2H3. The van der Waals surface area contributed by atoms with Crippen molar-refractivity contribution in [3.05, 3.63) is 28.8 Å². The molecule has 0 fully saturated rings. The third-order valence-corrected chi connectivity index (χ3v) is 2.38. The highest BCUT2D eigenvalue weighted by atomic mass is 35.5. The lowest BCUT2D eigenvalue weighted by atomic mass is 10.0. The SMILES string of the molecule is COc1cc(C)c(C=O)cc1C(=O)CCl. The van der Waals surface area contributed by atoms with Crippen molar-refractivity contribution in [2.75, 3.05) is 13.0 Å². The van der Waals surface area contributed by atoms with Gasteiger partial charge < -0.3 is 4.74 Å². The van der Waals surface area contributed by atoms with E-state index in [0.29, 0.717) is 23.2 Å². The molecule has 0 aromatic heterocycles. The Morgan fingerprint density at radius 3 is 2.67 bits per heavy atom. The molecule has 0 N–H and O–H groups in total. The van der Waals surface area contributed by atoms with Crippen molar-refractivity contribution in [3.8, 4) is 5.75 Å². The van der Waals surface area contributed by atoms with Crippen LogP contribution in [0.2, 0.25) is 0 Å². The molecule has 0 atom stereocenters. The number of aryl methyl sites for hydroxylation is 1. The highest BCUT2D eigenvalue weighted by Crippen LogP contribution is 2.23. The van der Waals surface area contributed by atoms with Gasteiger partial charge >= 0.3 is 0 Å². The zero-order valence-corrected chi connectivity index (χ0v) is 9.30. The van der Waals surface area contributed by atoms with Gasteiger partial charge in [0.05, 0.1) is 18.6 Å². The molecule has 0 spiro atoms. The van der Waals surface area contributed by atoms with Crippen LogP contribution in [-0.4, -0.2) is 25.1 Å². The van der Waals surface area contributed by atoms with E-state index in [0.717, 1.165) is 5.56 Å². The summed E-state index contributed by atoms with van der Waals surface area (Å²) in [6.45, 7) is 1.78. The van der Waals surface area contributed by atoms with E-state index in [2.05, 4.69) is 0 Å². The summed E-state index contributed by atoms with van der Waals surface area (Å²) in [5.41, 5.74) is 1.59. The van der Waals surface area contributed by atoms with Crippen LogP contribution >= 0.6 is 11.6 Å². The van der Waals surface area contributed by atoms with Gasteiger partial charge in [-0.1, -0.05) is 0 Å². The summed E-state index contributed by atoms with van der Waals surface area (Å²) >= 11 is 5.46. The van der Waals surface area contributed by atoms with E-state index >= 15 is 0 Å². The minimum atomic E-state index is -0.253. The van der Waals surface area contributed by atoms with Gasteiger partial charge in [-0.3, -0.25) is 9.59 Å². The number of hydrogen-bond donors (Lipinski definition) is 0. The molecule has 0 amide bonds. The molecule has 0 saturated heterocycles. The Morgan fingerprint density at radius 1 is 1.53 bits per heavy atom. The quantitative estimate of drug-likeness (QED) is 0.449. The number of ether oxygens (including phenoxy) is 1. The highest BCUT2D eigenvalue weighted by molar-refractivity contribution is 6.30. The number of methoxy groups -OCH3 is 1. The summed E-state index contributed by atoms with van der Waals surface area (Å²) in [6.07, 6.45) is 0.708. The lowest BCUT2D eigenvalue weighted by molar-refractivity contribution is 0.101. The van der Waals surface area contributed by atoms with Crippen LogP contribution in [0.1, 0.15) is 26.3 Å². The first-order chi connectivity index (χ1) is 7.13. The smallest absolute Gasteiger partial charge is 0.181 e. The molecule has 1 rings (SSSR count). The first-order valence-electron chi connectivity index (χ1n) is 4.37. The monoisotopic (exact) mass is 226 g/mol. The Kier molecular flexibility index (Phi) is 3.86. The second-order valence-corrected chi connectivity index (χ2v) is 3.35. The fraction of sp³-hybridized carbons (Fsp3) is 0.273. The summed E-state index contributed by atoms with van der Waals surface area (Å²) in [4.78, 5) is 22.1. The van der Waals surface area contributed by atoms with Gasteiger partial charge in [-0.25, -0.2) is 0 Å². The minimum absolute atomic E-state index is 0.127. The van der Waals surface area contributed by atoms with Crippen LogP contribution in [0.15, 0.2) is 12.1 Å². The van der Waals surface area contributed by atoms with Crippen molar-refractivity contribution in [3.63, 3.8) is 0 Å². The van der Waals surface area contributed by atoms with E-state index in [4.69, 9.17) is 16.3 Å². The molecule has 0 bridgehead atoms. The van der Waals surface area contributed by atoms with Crippen LogP contribution in [0.3, 0.4) is 0 Å². The molecular weight excluding hydrogens is 216 g/mol. The summed E-state index contributed by atoms with van der Waals surface area (Å²) in [6, 6.07) is 3.16. The molecule has 0 saturated carbocycles. The Morgan fingerprint density at radius 2 is 2.20 bits per heavy atom. The van der Waals surface area contributed by atoms with Gasteiger partial charge in [0.2, 0.25) is 0 Å². The Labute approximate surface area is 93.0 Å². The van der Waals surface area contributed by atoms with Crippen LogP contribution in [0.4, 0.5) is 0 Å². The van der Waals surface area contributed by atoms with Gasteiger partial charge in [-0.2, -0.15) is 0 Å². The van der Waals surface area contributed by atoms with Gasteiger partial charge in [0.15, 0.2) is 5.78 Å². The summed E-state index contributed by atoms with van der Waals surface area (Å²) < 4.78 is 5.05. The molecule has 0 radical (unpaired) electrons. The van der Waals surface area contributed by atoms with E-state index in [-0.39, 0.29) is 11.7 Å². The fourth-order valence-corrected chi connectivity index (χ4v) is 1.43. The maximum absolute atomic E-state index is 11.4. The predicted molar refractivity (Wildman–Crippen MR) is 58.2 cm³/mol. The lowest BCUT2D eigenvalue weighted by Crippen LogP contribution is -2.05. The zero-order chi connectivity index (χ0) is 11.4. The number of benzene rings is 1. The Balaban J connectivity index is 3.34. The molecular formula is C11H11ClO3. The molecule has 1 aromatic rings. The number of hydrogen-bond acceptors (Lipinski definition) is 3. The average molecular weight is 227 g/mol. The molecule has 15 heavy (non-hydrogen) atoms. The van der Waals surface area contributed by atoms with Gasteiger partial charge in [-0.15, -0.1) is 11.6 Å². The molecule has 4 heteroatoms. The lowest BCUT2D eigenvalue weighted by Gasteiger charge is -2.09. The maximum Gasteiger partial charge on any atom is 0.181 e. The molecule has 0 heterocycles. The Hall–Kier alpha value is -1.35. The number of halogens is 1. The minimum Gasteiger partial charge on any atom is -0.496 e. The normalized spacial score (nSPS) is 9.80. The van der Waals surface area contributed by atoms with Crippen molar-refractivity contribution in [2.45, 2.75) is 6.92 Å². The van der Waals surface area contributed by atoms with Crippen molar-refractivity contribution in [1.29, 1.82) is 0 Å². The van der Waals surface area contributed by atoms with Crippen molar-refractivity contribution < 1.29 is 14.3 Å². The van der Waals surface area contributed by atoms with Gasteiger partial charge in [-0.05, 0) is 24.6 Å². The van der Waals surface area contributed by atoms with Crippen molar-refractivity contribution in [1.82, 2.24) is 0 Å². The number of Topliss-reactive ketones (excluding diaryl/α,β-unsaturated/α-hetero) is 1. The van der Waals surface area contributed by atoms with Gasteiger partial charge in [0.25, 0.3) is 0 Å². The average Bonchev–Trinajstić information content (AvgIpc) is 2.27. The van der Waals surface area contributed by atoms with Gasteiger partial charge in [0, 0.05) is 5.56 Å². The van der Waals surface area contributed by atoms with Crippen LogP contribution in [0.25, 0.3) is 0 Å². The molecule has 0 aliphatic carbocycles. The first-order valence-corrected chi connectivity index (χ1v) is 4.90. The van der Waals surface area contributed by atoms with E-state index in [9.17, 15) is 9.59 Å². The summed E-state index contributed by atoms with van der Waals surface area (Å²) in [7, 11) is 1.47. The molecule has 0 unspecified atom stereocenters. The van der Waals surface area contributed by atoms with E-state index in [1.54, 1.807) is 13.0 Å². The van der Waals surface area contributed by atoms with Crippen molar-refractivity contribution in [2.24, 2.45) is 0 Å². The number of aldehydes is 1. The second kappa shape index (κ2) is 4.94. The van der Waals surface area contributed by atoms with Crippen molar-refractivity contribution >= 4 is 23.7 Å². The van der Waals surface area contributed by atoms with Gasteiger partial charge in [0.1, 0.15) is 12.0 Å². The fourth-order valence-electron chi connectivity index (χ4n) is 1.28. The molecule has 0 aliphatic rings. The second-order valence-electron chi connectivity index (χ2n) is 3.08. The molecule has 1 aromatic carbocycles. The number of alkyl halides is 1. The third-order valence-electron chi connectivity index (χ3n) is 2.14. The number of carbonyl (C=O) groups is 2. The zero-order valence-electron chi connectivity index (χ0n) is 8.54. The van der Waals surface area contributed by atoms with E-state index in [1.807, 2.05) is 0 Å². The largest absolute Gasteiger partial charge is 0.496 e. The number of ketones is 1. The molecule has 0 aliphatic heterocycles.